The molecule has 5 atom stereocenters. The lowest BCUT2D eigenvalue weighted by atomic mass is 10.1. The number of rotatable bonds is 44. The van der Waals surface area contributed by atoms with Crippen molar-refractivity contribution in [3.8, 4) is 0 Å². The van der Waals surface area contributed by atoms with E-state index in [-0.39, 0.29) is 31.7 Å². The first kappa shape index (κ1) is 74.4. The predicted octanol–water partition coefficient (Wildman–Crippen LogP) is 16.1. The Morgan fingerprint density at radius 1 is 0.379 bits per heavy atom. The highest BCUT2D eigenvalue weighted by atomic mass is 127. The maximum Gasteiger partial charge on any atom is 0.305 e. The lowest BCUT2D eigenvalue weighted by Crippen LogP contribution is -2.15. The molecule has 0 radical (unpaired) electrons. The van der Waals surface area contributed by atoms with Crippen LogP contribution < -0.4 is 0 Å². The van der Waals surface area contributed by atoms with Gasteiger partial charge < -0.3 is 39.4 Å². The van der Waals surface area contributed by atoms with Crippen molar-refractivity contribution in [2.75, 3.05) is 39.5 Å². The van der Waals surface area contributed by atoms with Crippen LogP contribution in [-0.4, -0.2) is 102 Å². The van der Waals surface area contributed by atoms with Crippen molar-refractivity contribution in [3.05, 3.63) is 0 Å². The lowest BCUT2D eigenvalue weighted by molar-refractivity contribution is -0.140. The average molecular weight is 1060 g/mol. The topological polar surface area (TPSA) is 152 Å². The van der Waals surface area contributed by atoms with Gasteiger partial charge in [0.05, 0.1) is 43.4 Å². The number of hydrogen-bond acceptors (Lipinski definition) is 8. The first-order valence-corrected chi connectivity index (χ1v) is 28.8. The van der Waals surface area contributed by atoms with Gasteiger partial charge in [-0.25, -0.2) is 0 Å². The minimum absolute atomic E-state index is 0.103. The molecule has 10 nitrogen and oxygen atoms in total. The predicted molar refractivity (Wildman–Crippen MR) is 291 cm³/mol. The van der Waals surface area contributed by atoms with Crippen molar-refractivity contribution in [2.45, 2.75) is 303 Å². The van der Waals surface area contributed by atoms with Gasteiger partial charge in [-0.1, -0.05) is 231 Å². The third-order valence-corrected chi connectivity index (χ3v) is 12.4. The minimum atomic E-state index is -0.916. The Kier molecular flexibility index (Phi) is 75.0. The fourth-order valence-electron chi connectivity index (χ4n) is 7.42. The number of aliphatic hydroxyl groups excluding tert-OH is 2. The Balaban J connectivity index is -0.000000235. The highest BCUT2D eigenvalue weighted by molar-refractivity contribution is 14.1. The van der Waals surface area contributed by atoms with Gasteiger partial charge in [-0.3, -0.25) is 9.59 Å². The Morgan fingerprint density at radius 2 is 0.667 bits per heavy atom. The Morgan fingerprint density at radius 3 is 0.939 bits per heavy atom. The quantitative estimate of drug-likeness (QED) is 0.0264. The van der Waals surface area contributed by atoms with E-state index in [2.05, 4.69) is 64.1 Å². The Hall–Kier alpha value is -0.570. The second-order valence-electron chi connectivity index (χ2n) is 18.1. The summed E-state index contributed by atoms with van der Waals surface area (Å²) in [7, 11) is 6.99. The van der Waals surface area contributed by atoms with Gasteiger partial charge in [-0.15, -0.1) is 0 Å². The van der Waals surface area contributed by atoms with Crippen LogP contribution in [0.4, 0.5) is 0 Å². The largest absolute Gasteiger partial charge is 0.481 e. The van der Waals surface area contributed by atoms with Crippen LogP contribution in [0.25, 0.3) is 0 Å². The summed E-state index contributed by atoms with van der Waals surface area (Å²) in [4.78, 5) is 20.6. The molecule has 0 aliphatic rings. The van der Waals surface area contributed by atoms with Gasteiger partial charge in [0.2, 0.25) is 0 Å². The molecule has 0 rings (SSSR count). The van der Waals surface area contributed by atoms with Crippen molar-refractivity contribution in [3.63, 3.8) is 0 Å². The monoisotopic (exact) mass is 1060 g/mol. The molecule has 0 bridgehead atoms. The van der Waals surface area contributed by atoms with Crippen LogP contribution in [0.2, 0.25) is 0 Å². The molecule has 0 heterocycles. The highest BCUT2D eigenvalue weighted by Crippen LogP contribution is 2.15. The van der Waals surface area contributed by atoms with Crippen LogP contribution >= 0.6 is 22.6 Å². The van der Waals surface area contributed by atoms with Crippen molar-refractivity contribution >= 4 is 34.5 Å². The van der Waals surface area contributed by atoms with Gasteiger partial charge in [-0.2, -0.15) is 0 Å². The van der Waals surface area contributed by atoms with E-state index in [1.165, 1.54) is 178 Å². The zero-order chi connectivity index (χ0) is 50.7. The maximum atomic E-state index is 10.4. The van der Waals surface area contributed by atoms with Gasteiger partial charge in [0, 0.05) is 39.5 Å². The number of alkyl halides is 1. The molecule has 0 fully saturated rings. The van der Waals surface area contributed by atoms with Crippen LogP contribution in [0.15, 0.2) is 0 Å². The molecule has 0 aromatic heterocycles. The molecular weight excluding hydrogens is 947 g/mol. The van der Waals surface area contributed by atoms with E-state index in [0.29, 0.717) is 18.6 Å². The third kappa shape index (κ3) is 70.0. The summed E-state index contributed by atoms with van der Waals surface area (Å²) in [5.74, 6) is -1.69. The second-order valence-corrected chi connectivity index (χ2v) is 19.2. The highest BCUT2D eigenvalue weighted by Gasteiger charge is 2.12. The number of hydrogen-bond donors (Lipinski definition) is 4. The normalized spacial score (nSPS) is 13.0. The van der Waals surface area contributed by atoms with Crippen LogP contribution in [-0.2, 0) is 28.5 Å². The minimum Gasteiger partial charge on any atom is -0.481 e. The number of halogens is 1. The molecule has 0 saturated heterocycles. The fourth-order valence-corrected chi connectivity index (χ4v) is 8.11. The maximum absolute atomic E-state index is 10.4. The SMILES string of the molecule is CCCCCCCC(CC(=O)O)OC.CCCCCCCC(CCC)OC.CCCCCCCC(CCI)OC.CCCCCCCC(CCO)OC.CCCCCCCC(O)CC(=O)O. The Bertz CT molecular complexity index is 826. The van der Waals surface area contributed by atoms with Crippen LogP contribution in [0.3, 0.4) is 0 Å². The molecule has 5 unspecified atom stereocenters. The zero-order valence-corrected chi connectivity index (χ0v) is 47.5. The van der Waals surface area contributed by atoms with Crippen molar-refractivity contribution < 1.29 is 49.0 Å². The van der Waals surface area contributed by atoms with Gasteiger partial charge >= 0.3 is 11.9 Å². The van der Waals surface area contributed by atoms with E-state index in [1.807, 2.05) is 14.2 Å². The molecule has 402 valence electrons. The summed E-state index contributed by atoms with van der Waals surface area (Å²) in [5, 5.41) is 34.9. The smallest absolute Gasteiger partial charge is 0.305 e. The van der Waals surface area contributed by atoms with E-state index in [1.54, 1.807) is 14.2 Å². The molecular formula is C55H115IO10. The summed E-state index contributed by atoms with van der Waals surface area (Å²) < 4.78 is 22.3. The van der Waals surface area contributed by atoms with Crippen molar-refractivity contribution in [1.29, 1.82) is 0 Å². The average Bonchev–Trinajstić information content (AvgIpc) is 3.30. The number of unbranched alkanes of at least 4 members (excludes halogenated alkanes) is 20. The molecule has 0 aromatic rings. The number of carboxylic acids is 2. The van der Waals surface area contributed by atoms with Gasteiger partial charge in [0.15, 0.2) is 0 Å². The number of aliphatic carboxylic acids is 2. The molecule has 0 spiro atoms. The molecule has 66 heavy (non-hydrogen) atoms. The lowest BCUT2D eigenvalue weighted by Gasteiger charge is -2.13. The summed E-state index contributed by atoms with van der Waals surface area (Å²) in [6, 6.07) is 0. The fraction of sp³-hybridized carbons (Fsp3) is 0.964. The first-order valence-electron chi connectivity index (χ1n) is 27.3. The van der Waals surface area contributed by atoms with Crippen LogP contribution in [0.5, 0.6) is 0 Å². The number of aliphatic hydroxyl groups is 2. The zero-order valence-electron chi connectivity index (χ0n) is 45.4. The summed E-state index contributed by atoms with van der Waals surface area (Å²) in [6.45, 7) is 13.5. The molecule has 0 saturated carbocycles. The van der Waals surface area contributed by atoms with Crippen LogP contribution in [0, 0.1) is 0 Å². The molecule has 0 aliphatic heterocycles. The Labute approximate surface area is 424 Å². The number of ether oxygens (including phenoxy) is 4. The number of carbonyl (C=O) groups is 2. The van der Waals surface area contributed by atoms with Gasteiger partial charge in [-0.05, 0) is 51.4 Å². The third-order valence-electron chi connectivity index (χ3n) is 11.8. The molecule has 11 heteroatoms. The van der Waals surface area contributed by atoms with E-state index >= 15 is 0 Å². The number of methoxy groups -OCH3 is 4. The summed E-state index contributed by atoms with van der Waals surface area (Å²) in [6.07, 6.45) is 42.1. The van der Waals surface area contributed by atoms with Crippen molar-refractivity contribution in [1.82, 2.24) is 0 Å². The van der Waals surface area contributed by atoms with Crippen LogP contribution in [0.1, 0.15) is 273 Å². The summed E-state index contributed by atoms with van der Waals surface area (Å²) >= 11 is 2.42. The summed E-state index contributed by atoms with van der Waals surface area (Å²) in [5.41, 5.74) is 0. The first-order chi connectivity index (χ1) is 31.9. The molecule has 4 N–H and O–H groups in total. The van der Waals surface area contributed by atoms with E-state index in [4.69, 9.17) is 34.3 Å². The second kappa shape index (κ2) is 66.5. The van der Waals surface area contributed by atoms with Gasteiger partial charge in [0.1, 0.15) is 0 Å². The van der Waals surface area contributed by atoms with Crippen molar-refractivity contribution in [2.24, 2.45) is 0 Å². The van der Waals surface area contributed by atoms with E-state index in [0.717, 1.165) is 38.5 Å². The van der Waals surface area contributed by atoms with E-state index < -0.39 is 18.0 Å². The van der Waals surface area contributed by atoms with E-state index in [9.17, 15) is 14.7 Å². The molecule has 0 amide bonds. The van der Waals surface area contributed by atoms with Gasteiger partial charge in [0.25, 0.3) is 0 Å². The standard InChI is InChI=1S/C12H26O.C11H23IO.C11H22O3.C11H24O2.C10H20O3/c1-4-6-7-8-9-11-12(13-3)10-5-2;1-3-4-5-6-7-8-11(13-2)9-10-12;1-3-4-5-6-7-8-10(14-2)9-11(12)13;1-3-4-5-6-7-8-11(13-2)9-10-12;1-2-3-4-5-6-7-9(11)8-10(12)13/h12H,4-11H2,1-3H3;11H,3-10H2,1-2H3;10H,3-9H2,1-2H3,(H,12,13);11-12H,3-10H2,1-2H3;9,11H,2-8H2,1H3,(H,12,13). The number of carboxylic acid groups (broad SMARTS) is 2. The molecule has 0 aromatic carbocycles. The molecule has 0 aliphatic carbocycles.